The lowest BCUT2D eigenvalue weighted by atomic mass is 9.95. The minimum Gasteiger partial charge on any atom is -0.490 e. The minimum absolute atomic E-state index is 0.215. The summed E-state index contributed by atoms with van der Waals surface area (Å²) in [7, 11) is 0. The van der Waals surface area contributed by atoms with E-state index in [1.54, 1.807) is 43.3 Å². The molecule has 0 spiro atoms. The maximum absolute atomic E-state index is 12.7. The smallest absolute Gasteiger partial charge is 0.338 e. The Hall–Kier alpha value is -2.90. The van der Waals surface area contributed by atoms with Crippen molar-refractivity contribution >= 4 is 35.2 Å². The number of hydrogen-bond acceptors (Lipinski definition) is 5. The molecule has 3 rings (SSSR count). The fourth-order valence-electron chi connectivity index (χ4n) is 3.37. The zero-order chi connectivity index (χ0) is 24.0. The molecule has 2 amide bonds. The molecule has 9 heteroatoms. The highest BCUT2D eigenvalue weighted by molar-refractivity contribution is 6.35. The van der Waals surface area contributed by atoms with Crippen LogP contribution >= 0.6 is 23.2 Å². The maximum Gasteiger partial charge on any atom is 0.338 e. The Balaban J connectivity index is 1.89. The van der Waals surface area contributed by atoms with Crippen LogP contribution in [0.2, 0.25) is 10.0 Å². The van der Waals surface area contributed by atoms with Crippen LogP contribution in [0.4, 0.5) is 4.79 Å². The van der Waals surface area contributed by atoms with Crippen molar-refractivity contribution in [2.24, 2.45) is 0 Å². The van der Waals surface area contributed by atoms with Crippen molar-refractivity contribution in [1.82, 2.24) is 10.6 Å². The Labute approximate surface area is 203 Å². The summed E-state index contributed by atoms with van der Waals surface area (Å²) in [4.78, 5) is 24.8. The van der Waals surface area contributed by atoms with Crippen LogP contribution in [0.5, 0.6) is 11.5 Å². The number of amides is 2. The van der Waals surface area contributed by atoms with Gasteiger partial charge in [-0.2, -0.15) is 0 Å². The maximum atomic E-state index is 12.7. The lowest BCUT2D eigenvalue weighted by molar-refractivity contribution is -0.139. The normalized spacial score (nSPS) is 15.5. The van der Waals surface area contributed by atoms with Gasteiger partial charge in [0.15, 0.2) is 11.5 Å². The minimum atomic E-state index is -0.693. The predicted octanol–water partition coefficient (Wildman–Crippen LogP) is 5.55. The number of rotatable bonds is 9. The lowest BCUT2D eigenvalue weighted by Gasteiger charge is -2.28. The van der Waals surface area contributed by atoms with E-state index >= 15 is 0 Å². The van der Waals surface area contributed by atoms with E-state index in [9.17, 15) is 9.59 Å². The van der Waals surface area contributed by atoms with Gasteiger partial charge < -0.3 is 24.8 Å². The van der Waals surface area contributed by atoms with Gasteiger partial charge in [0, 0.05) is 21.3 Å². The summed E-state index contributed by atoms with van der Waals surface area (Å²) in [6.07, 6.45) is 0.695. The van der Waals surface area contributed by atoms with Crippen LogP contribution in [0.15, 0.2) is 47.7 Å². The fourth-order valence-corrected chi connectivity index (χ4v) is 3.84. The van der Waals surface area contributed by atoms with E-state index in [-0.39, 0.29) is 6.61 Å². The SMILES string of the molecule is CCCOC(=O)C1=C(C)NC(=O)NC1c1ccc(OCc2ccc(Cl)cc2Cl)c(OCC)c1. The molecule has 0 aromatic heterocycles. The van der Waals surface area contributed by atoms with E-state index in [0.717, 1.165) is 5.56 Å². The average molecular weight is 493 g/mol. The molecular formula is C24H26Cl2N2O5. The molecular weight excluding hydrogens is 467 g/mol. The lowest BCUT2D eigenvalue weighted by Crippen LogP contribution is -2.45. The number of hydrogen-bond donors (Lipinski definition) is 2. The third-order valence-electron chi connectivity index (χ3n) is 4.93. The van der Waals surface area contributed by atoms with Crippen LogP contribution in [-0.4, -0.2) is 25.2 Å². The van der Waals surface area contributed by atoms with Crippen LogP contribution in [0, 0.1) is 0 Å². The Bertz CT molecular complexity index is 1070. The van der Waals surface area contributed by atoms with Crippen LogP contribution in [0.3, 0.4) is 0 Å². The summed E-state index contributed by atoms with van der Waals surface area (Å²) >= 11 is 12.2. The van der Waals surface area contributed by atoms with Crippen LogP contribution < -0.4 is 20.1 Å². The molecule has 176 valence electrons. The van der Waals surface area contributed by atoms with E-state index < -0.39 is 18.0 Å². The molecule has 0 radical (unpaired) electrons. The molecule has 2 aromatic rings. The summed E-state index contributed by atoms with van der Waals surface area (Å²) in [5.74, 6) is 0.497. The Morgan fingerprint density at radius 1 is 1.06 bits per heavy atom. The zero-order valence-electron chi connectivity index (χ0n) is 18.7. The number of allylic oxidation sites excluding steroid dienone is 1. The van der Waals surface area contributed by atoms with Gasteiger partial charge in [-0.05, 0) is 50.1 Å². The number of benzene rings is 2. The molecule has 2 N–H and O–H groups in total. The van der Waals surface area contributed by atoms with Crippen molar-refractivity contribution in [2.75, 3.05) is 13.2 Å². The number of carbonyl (C=O) groups is 2. The second-order valence-corrected chi connectivity index (χ2v) is 8.21. The van der Waals surface area contributed by atoms with Gasteiger partial charge in [-0.1, -0.05) is 42.3 Å². The Kier molecular flexibility index (Phi) is 8.47. The van der Waals surface area contributed by atoms with Gasteiger partial charge in [0.25, 0.3) is 0 Å². The standard InChI is InChI=1S/C24H26Cl2N2O5/c1-4-10-32-23(29)21-14(3)27-24(30)28-22(21)15-7-9-19(20(11-15)31-5-2)33-13-16-6-8-17(25)12-18(16)26/h6-9,11-12,22H,4-5,10,13H2,1-3H3,(H2,27,28,30). The quantitative estimate of drug-likeness (QED) is 0.448. The van der Waals surface area contributed by atoms with Crippen molar-refractivity contribution < 1.29 is 23.8 Å². The van der Waals surface area contributed by atoms with Crippen molar-refractivity contribution in [3.05, 3.63) is 68.8 Å². The molecule has 1 unspecified atom stereocenters. The molecule has 0 saturated heterocycles. The first-order valence-corrected chi connectivity index (χ1v) is 11.4. The van der Waals surface area contributed by atoms with E-state index in [1.807, 2.05) is 13.8 Å². The molecule has 0 aliphatic carbocycles. The molecule has 2 aromatic carbocycles. The molecule has 33 heavy (non-hydrogen) atoms. The van der Waals surface area contributed by atoms with Crippen molar-refractivity contribution in [3.8, 4) is 11.5 Å². The first-order chi connectivity index (χ1) is 15.8. The first-order valence-electron chi connectivity index (χ1n) is 10.6. The molecule has 1 aliphatic rings. The van der Waals surface area contributed by atoms with Gasteiger partial charge in [0.1, 0.15) is 6.61 Å². The zero-order valence-corrected chi connectivity index (χ0v) is 20.2. The highest BCUT2D eigenvalue weighted by Gasteiger charge is 2.32. The fraction of sp³-hybridized carbons (Fsp3) is 0.333. The highest BCUT2D eigenvalue weighted by atomic mass is 35.5. The summed E-state index contributed by atoms with van der Waals surface area (Å²) in [6.45, 7) is 6.35. The van der Waals surface area contributed by atoms with Gasteiger partial charge >= 0.3 is 12.0 Å². The first kappa shape index (κ1) is 24.7. The molecule has 0 fully saturated rings. The summed E-state index contributed by atoms with van der Waals surface area (Å²) in [5, 5.41) is 6.48. The number of ether oxygens (including phenoxy) is 3. The molecule has 1 heterocycles. The van der Waals surface area contributed by atoms with Crippen molar-refractivity contribution in [3.63, 3.8) is 0 Å². The molecule has 0 bridgehead atoms. The summed E-state index contributed by atoms with van der Waals surface area (Å²) in [5.41, 5.74) is 2.22. The number of esters is 1. The van der Waals surface area contributed by atoms with Crippen molar-refractivity contribution in [1.29, 1.82) is 0 Å². The van der Waals surface area contributed by atoms with Gasteiger partial charge in [-0.15, -0.1) is 0 Å². The second-order valence-electron chi connectivity index (χ2n) is 7.37. The second kappa shape index (κ2) is 11.3. The number of nitrogens with one attached hydrogen (secondary N) is 2. The van der Waals surface area contributed by atoms with Crippen molar-refractivity contribution in [2.45, 2.75) is 39.8 Å². The highest BCUT2D eigenvalue weighted by Crippen LogP contribution is 2.35. The molecule has 1 atom stereocenters. The topological polar surface area (TPSA) is 85.9 Å². The molecule has 7 nitrogen and oxygen atoms in total. The van der Waals surface area contributed by atoms with Gasteiger partial charge in [-0.25, -0.2) is 9.59 Å². The largest absolute Gasteiger partial charge is 0.490 e. The van der Waals surface area contributed by atoms with Crippen LogP contribution in [0.25, 0.3) is 0 Å². The van der Waals surface area contributed by atoms with Gasteiger partial charge in [0.2, 0.25) is 0 Å². The Morgan fingerprint density at radius 3 is 2.55 bits per heavy atom. The molecule has 0 saturated carbocycles. The van der Waals surface area contributed by atoms with E-state index in [1.165, 1.54) is 0 Å². The van der Waals surface area contributed by atoms with E-state index in [4.69, 9.17) is 37.4 Å². The molecule has 1 aliphatic heterocycles. The monoisotopic (exact) mass is 492 g/mol. The summed E-state index contributed by atoms with van der Waals surface area (Å²) in [6, 6.07) is 9.36. The van der Waals surface area contributed by atoms with E-state index in [0.29, 0.717) is 58.0 Å². The Morgan fingerprint density at radius 2 is 1.85 bits per heavy atom. The predicted molar refractivity (Wildman–Crippen MR) is 127 cm³/mol. The number of urea groups is 1. The van der Waals surface area contributed by atoms with Crippen LogP contribution in [-0.2, 0) is 16.1 Å². The third-order valence-corrected chi connectivity index (χ3v) is 5.51. The van der Waals surface area contributed by atoms with Gasteiger partial charge in [-0.3, -0.25) is 0 Å². The number of halogens is 2. The van der Waals surface area contributed by atoms with E-state index in [2.05, 4.69) is 10.6 Å². The van der Waals surface area contributed by atoms with Gasteiger partial charge in [0.05, 0.1) is 24.8 Å². The average Bonchev–Trinajstić information content (AvgIpc) is 2.77. The number of carbonyl (C=O) groups excluding carboxylic acids is 2. The van der Waals surface area contributed by atoms with Crippen LogP contribution in [0.1, 0.15) is 44.4 Å². The summed E-state index contributed by atoms with van der Waals surface area (Å²) < 4.78 is 17.1. The third kappa shape index (κ3) is 6.12.